The number of carbonyl (C=O) groups is 1. The van der Waals surface area contributed by atoms with Crippen LogP contribution in [0.4, 0.5) is 5.69 Å². The number of fused-ring (bicyclic) bond motifs is 2. The van der Waals surface area contributed by atoms with E-state index in [4.69, 9.17) is 11.6 Å². The third-order valence-corrected chi connectivity index (χ3v) is 4.17. The van der Waals surface area contributed by atoms with Crippen LogP contribution in [0.1, 0.15) is 18.4 Å². The predicted molar refractivity (Wildman–Crippen MR) is 77.4 cm³/mol. The van der Waals surface area contributed by atoms with E-state index in [0.717, 1.165) is 42.2 Å². The maximum absolute atomic E-state index is 12.7. The first-order valence-electron chi connectivity index (χ1n) is 6.65. The molecule has 2 aliphatic heterocycles. The number of anilines is 1. The Kier molecular flexibility index (Phi) is 3.33. The van der Waals surface area contributed by atoms with E-state index in [-0.39, 0.29) is 11.9 Å². The van der Waals surface area contributed by atoms with Gasteiger partial charge in [0.25, 0.3) is 0 Å². The number of halogens is 1. The third kappa shape index (κ3) is 2.17. The van der Waals surface area contributed by atoms with Crippen molar-refractivity contribution in [2.45, 2.75) is 25.4 Å². The van der Waals surface area contributed by atoms with Gasteiger partial charge in [0, 0.05) is 23.8 Å². The lowest BCUT2D eigenvalue weighted by atomic mass is 10.1. The summed E-state index contributed by atoms with van der Waals surface area (Å²) in [4.78, 5) is 16.8. The molecule has 0 bridgehead atoms. The van der Waals surface area contributed by atoms with Crippen LogP contribution in [0.3, 0.4) is 0 Å². The van der Waals surface area contributed by atoms with Crippen molar-refractivity contribution in [1.82, 2.24) is 4.90 Å². The van der Waals surface area contributed by atoms with Crippen molar-refractivity contribution in [3.63, 3.8) is 0 Å². The van der Waals surface area contributed by atoms with Crippen molar-refractivity contribution < 1.29 is 4.79 Å². The molecule has 4 heteroatoms. The van der Waals surface area contributed by atoms with E-state index >= 15 is 0 Å². The SMILES string of the molecule is C=CCN1C(=O)C2CCCN2Cc2cc(Cl)ccc21. The van der Waals surface area contributed by atoms with Gasteiger partial charge in [0.1, 0.15) is 0 Å². The molecule has 1 atom stereocenters. The fourth-order valence-electron chi connectivity index (χ4n) is 3.07. The summed E-state index contributed by atoms with van der Waals surface area (Å²) in [5.74, 6) is 0.193. The number of nitrogens with zero attached hydrogens (tertiary/aromatic N) is 2. The lowest BCUT2D eigenvalue weighted by Gasteiger charge is -2.24. The Hall–Kier alpha value is -1.32. The van der Waals surface area contributed by atoms with Crippen molar-refractivity contribution in [2.75, 3.05) is 18.0 Å². The molecule has 3 rings (SSSR count). The Morgan fingerprint density at radius 3 is 3.11 bits per heavy atom. The van der Waals surface area contributed by atoms with Crippen molar-refractivity contribution >= 4 is 23.2 Å². The number of carbonyl (C=O) groups excluding carboxylic acids is 1. The molecule has 0 spiro atoms. The molecule has 19 heavy (non-hydrogen) atoms. The van der Waals surface area contributed by atoms with Gasteiger partial charge in [-0.1, -0.05) is 17.7 Å². The highest BCUT2D eigenvalue weighted by atomic mass is 35.5. The molecule has 0 saturated carbocycles. The lowest BCUT2D eigenvalue weighted by Crippen LogP contribution is -2.43. The molecule has 0 radical (unpaired) electrons. The molecule has 1 aromatic carbocycles. The van der Waals surface area contributed by atoms with E-state index in [2.05, 4.69) is 11.5 Å². The van der Waals surface area contributed by atoms with Crippen molar-refractivity contribution in [3.8, 4) is 0 Å². The second-order valence-corrected chi connectivity index (χ2v) is 5.58. The smallest absolute Gasteiger partial charge is 0.244 e. The highest BCUT2D eigenvalue weighted by Crippen LogP contribution is 2.33. The van der Waals surface area contributed by atoms with Gasteiger partial charge >= 0.3 is 0 Å². The zero-order valence-corrected chi connectivity index (χ0v) is 11.6. The highest BCUT2D eigenvalue weighted by molar-refractivity contribution is 6.30. The van der Waals surface area contributed by atoms with Gasteiger partial charge in [0.05, 0.1) is 6.04 Å². The predicted octanol–water partition coefficient (Wildman–Crippen LogP) is 2.84. The Morgan fingerprint density at radius 1 is 1.47 bits per heavy atom. The fourth-order valence-corrected chi connectivity index (χ4v) is 3.27. The van der Waals surface area contributed by atoms with Crippen molar-refractivity contribution in [2.24, 2.45) is 0 Å². The fraction of sp³-hybridized carbons (Fsp3) is 0.400. The first-order valence-corrected chi connectivity index (χ1v) is 7.03. The first-order chi connectivity index (χ1) is 9.20. The Labute approximate surface area is 118 Å². The van der Waals surface area contributed by atoms with E-state index in [0.29, 0.717) is 6.54 Å². The molecule has 1 fully saturated rings. The zero-order valence-electron chi connectivity index (χ0n) is 10.8. The van der Waals surface area contributed by atoms with Gasteiger partial charge in [-0.05, 0) is 43.1 Å². The summed E-state index contributed by atoms with van der Waals surface area (Å²) in [6.45, 7) is 6.11. The Morgan fingerprint density at radius 2 is 2.32 bits per heavy atom. The molecule has 2 heterocycles. The van der Waals surface area contributed by atoms with E-state index in [1.54, 1.807) is 6.08 Å². The maximum atomic E-state index is 12.7. The van der Waals surface area contributed by atoms with Gasteiger partial charge in [0.15, 0.2) is 0 Å². The number of rotatable bonds is 2. The number of hydrogen-bond acceptors (Lipinski definition) is 2. The van der Waals surface area contributed by atoms with E-state index in [1.165, 1.54) is 0 Å². The van der Waals surface area contributed by atoms with Gasteiger partial charge in [-0.15, -0.1) is 6.58 Å². The molecule has 2 aliphatic rings. The van der Waals surface area contributed by atoms with Crippen LogP contribution in [-0.2, 0) is 11.3 Å². The van der Waals surface area contributed by atoms with Crippen LogP contribution in [0.5, 0.6) is 0 Å². The van der Waals surface area contributed by atoms with Crippen LogP contribution in [0.25, 0.3) is 0 Å². The number of benzene rings is 1. The maximum Gasteiger partial charge on any atom is 0.244 e. The van der Waals surface area contributed by atoms with Crippen LogP contribution >= 0.6 is 11.6 Å². The van der Waals surface area contributed by atoms with Crippen molar-refractivity contribution in [3.05, 3.63) is 41.4 Å². The monoisotopic (exact) mass is 276 g/mol. The molecular formula is C15H17ClN2O. The number of amides is 1. The number of hydrogen-bond donors (Lipinski definition) is 0. The van der Waals surface area contributed by atoms with Gasteiger partial charge < -0.3 is 4.90 Å². The minimum absolute atomic E-state index is 0.0196. The van der Waals surface area contributed by atoms with Gasteiger partial charge in [-0.3, -0.25) is 9.69 Å². The molecule has 100 valence electrons. The zero-order chi connectivity index (χ0) is 13.4. The normalized spacial score (nSPS) is 22.9. The van der Waals surface area contributed by atoms with Crippen LogP contribution in [-0.4, -0.2) is 29.9 Å². The van der Waals surface area contributed by atoms with Gasteiger partial charge in [-0.25, -0.2) is 0 Å². The van der Waals surface area contributed by atoms with Crippen molar-refractivity contribution in [1.29, 1.82) is 0 Å². The summed E-state index contributed by atoms with van der Waals surface area (Å²) in [6, 6.07) is 5.79. The highest BCUT2D eigenvalue weighted by Gasteiger charge is 2.37. The third-order valence-electron chi connectivity index (χ3n) is 3.93. The largest absolute Gasteiger partial charge is 0.307 e. The van der Waals surface area contributed by atoms with Crippen LogP contribution < -0.4 is 4.90 Å². The van der Waals surface area contributed by atoms with E-state index in [1.807, 2.05) is 23.1 Å². The summed E-state index contributed by atoms with van der Waals surface area (Å²) in [5.41, 5.74) is 2.11. The Bertz CT molecular complexity index is 529. The molecule has 0 aliphatic carbocycles. The standard InChI is InChI=1S/C15H17ClN2O/c1-2-7-18-13-6-5-12(16)9-11(13)10-17-8-3-4-14(17)15(18)19/h2,5-6,9,14H,1,3-4,7-8,10H2. The van der Waals surface area contributed by atoms with E-state index < -0.39 is 0 Å². The molecule has 1 aromatic rings. The minimum Gasteiger partial charge on any atom is -0.307 e. The van der Waals surface area contributed by atoms with Gasteiger partial charge in [0.2, 0.25) is 5.91 Å². The molecule has 3 nitrogen and oxygen atoms in total. The summed E-state index contributed by atoms with van der Waals surface area (Å²) in [5, 5.41) is 0.724. The second-order valence-electron chi connectivity index (χ2n) is 5.14. The topological polar surface area (TPSA) is 23.6 Å². The van der Waals surface area contributed by atoms with E-state index in [9.17, 15) is 4.79 Å². The lowest BCUT2D eigenvalue weighted by molar-refractivity contribution is -0.122. The molecule has 1 amide bonds. The average molecular weight is 277 g/mol. The first kappa shape index (κ1) is 12.7. The summed E-state index contributed by atoms with van der Waals surface area (Å²) in [6.07, 6.45) is 3.82. The molecule has 0 N–H and O–H groups in total. The Balaban J connectivity index is 2.08. The summed E-state index contributed by atoms with van der Waals surface area (Å²) in [7, 11) is 0. The second kappa shape index (κ2) is 4.99. The van der Waals surface area contributed by atoms with Crippen LogP contribution in [0.15, 0.2) is 30.9 Å². The average Bonchev–Trinajstić information content (AvgIpc) is 2.81. The molecule has 0 aromatic heterocycles. The molecular weight excluding hydrogens is 260 g/mol. The minimum atomic E-state index is 0.0196. The van der Waals surface area contributed by atoms with Crippen LogP contribution in [0, 0.1) is 0 Å². The molecule has 1 saturated heterocycles. The van der Waals surface area contributed by atoms with Crippen LogP contribution in [0.2, 0.25) is 5.02 Å². The molecule has 1 unspecified atom stereocenters. The quantitative estimate of drug-likeness (QED) is 0.776. The van der Waals surface area contributed by atoms with Gasteiger partial charge in [-0.2, -0.15) is 0 Å². The summed E-state index contributed by atoms with van der Waals surface area (Å²) < 4.78 is 0. The summed E-state index contributed by atoms with van der Waals surface area (Å²) >= 11 is 6.09.